The lowest BCUT2D eigenvalue weighted by atomic mass is 9.95. The summed E-state index contributed by atoms with van der Waals surface area (Å²) < 4.78 is 12.7. The molecular weight excluding hydrogens is 422 g/mol. The summed E-state index contributed by atoms with van der Waals surface area (Å²) in [5.41, 5.74) is 1.19. The van der Waals surface area contributed by atoms with Crippen LogP contribution in [0, 0.1) is 0 Å². The number of carbonyl (C=O) groups excluding carboxylic acids is 2. The predicted octanol–water partition coefficient (Wildman–Crippen LogP) is 2.83. The number of ether oxygens (including phenoxy) is 2. The molecule has 33 heavy (non-hydrogen) atoms. The van der Waals surface area contributed by atoms with Crippen molar-refractivity contribution in [1.82, 2.24) is 9.88 Å². The molecule has 2 heterocycles. The molecule has 2 aromatic carbocycles. The van der Waals surface area contributed by atoms with Crippen molar-refractivity contribution in [3.05, 3.63) is 84.0 Å². The molecular formula is C25H26N3O5+. The average Bonchev–Trinajstić information content (AvgIpc) is 3.46. The van der Waals surface area contributed by atoms with Crippen LogP contribution in [-0.4, -0.2) is 47.4 Å². The number of imidazole rings is 1. The van der Waals surface area contributed by atoms with Crippen LogP contribution in [-0.2, 0) is 16.1 Å². The zero-order chi connectivity index (χ0) is 23.4. The predicted molar refractivity (Wildman–Crippen MR) is 121 cm³/mol. The van der Waals surface area contributed by atoms with Crippen LogP contribution >= 0.6 is 0 Å². The smallest absolute Gasteiger partial charge is 0.295 e. The van der Waals surface area contributed by atoms with E-state index >= 15 is 0 Å². The Morgan fingerprint density at radius 3 is 2.52 bits per heavy atom. The van der Waals surface area contributed by atoms with Crippen LogP contribution in [0.4, 0.5) is 0 Å². The van der Waals surface area contributed by atoms with Crippen LogP contribution in [0.25, 0.3) is 5.76 Å². The monoisotopic (exact) mass is 448 g/mol. The summed E-state index contributed by atoms with van der Waals surface area (Å²) in [4.78, 5) is 30.7. The van der Waals surface area contributed by atoms with E-state index in [-0.39, 0.29) is 11.3 Å². The Hall–Kier alpha value is -4.07. The van der Waals surface area contributed by atoms with Crippen LogP contribution in [0.3, 0.4) is 0 Å². The summed E-state index contributed by atoms with van der Waals surface area (Å²) in [6, 6.07) is 13.3. The van der Waals surface area contributed by atoms with Gasteiger partial charge in [-0.25, -0.2) is 4.57 Å². The lowest BCUT2D eigenvalue weighted by molar-refractivity contribution is -0.695. The Bertz CT molecular complexity index is 1170. The number of hydrogen-bond donors (Lipinski definition) is 2. The molecule has 0 aliphatic carbocycles. The fourth-order valence-electron chi connectivity index (χ4n) is 4.11. The maximum Gasteiger partial charge on any atom is 0.295 e. The van der Waals surface area contributed by atoms with E-state index in [1.54, 1.807) is 42.5 Å². The first-order valence-electron chi connectivity index (χ1n) is 10.6. The number of H-pyrrole nitrogens is 1. The van der Waals surface area contributed by atoms with Gasteiger partial charge in [-0.1, -0.05) is 36.4 Å². The van der Waals surface area contributed by atoms with Crippen LogP contribution in [0.15, 0.2) is 72.8 Å². The van der Waals surface area contributed by atoms with Crippen LogP contribution < -0.4 is 14.0 Å². The number of aliphatic hydroxyl groups is 1. The van der Waals surface area contributed by atoms with Crippen LogP contribution in [0.1, 0.15) is 23.6 Å². The molecule has 170 valence electrons. The molecule has 1 saturated heterocycles. The maximum absolute atomic E-state index is 13.1. The number of carbonyl (C=O) groups is 2. The largest absolute Gasteiger partial charge is 0.507 e. The van der Waals surface area contributed by atoms with Gasteiger partial charge in [0.25, 0.3) is 11.7 Å². The molecule has 1 unspecified atom stereocenters. The van der Waals surface area contributed by atoms with Crippen molar-refractivity contribution in [3.63, 3.8) is 0 Å². The number of methoxy groups -OCH3 is 2. The zero-order valence-electron chi connectivity index (χ0n) is 18.5. The Labute approximate surface area is 191 Å². The number of aromatic nitrogens is 2. The van der Waals surface area contributed by atoms with Crippen molar-refractivity contribution < 1.29 is 28.7 Å². The number of ketones is 1. The highest BCUT2D eigenvalue weighted by atomic mass is 16.5. The van der Waals surface area contributed by atoms with E-state index in [2.05, 4.69) is 4.98 Å². The molecule has 0 radical (unpaired) electrons. The third kappa shape index (κ3) is 4.32. The molecule has 3 aromatic rings. The van der Waals surface area contributed by atoms with Gasteiger partial charge in [0.05, 0.1) is 32.4 Å². The second kappa shape index (κ2) is 9.60. The summed E-state index contributed by atoms with van der Waals surface area (Å²) in [5.74, 6) is -0.527. The Morgan fingerprint density at radius 1 is 1.09 bits per heavy atom. The van der Waals surface area contributed by atoms with Crippen LogP contribution in [0.2, 0.25) is 0 Å². The van der Waals surface area contributed by atoms with Crippen molar-refractivity contribution in [2.45, 2.75) is 19.0 Å². The maximum atomic E-state index is 13.1. The summed E-state index contributed by atoms with van der Waals surface area (Å²) in [7, 11) is 3.06. The van der Waals surface area contributed by atoms with Gasteiger partial charge in [-0.2, -0.15) is 0 Å². The lowest BCUT2D eigenvalue weighted by Crippen LogP contribution is -2.36. The number of Topliss-reactive ketones (excluding diaryl/α,β-unsaturated/α-hetero) is 1. The van der Waals surface area contributed by atoms with E-state index in [4.69, 9.17) is 9.47 Å². The summed E-state index contributed by atoms with van der Waals surface area (Å²) in [5, 5.41) is 11.1. The van der Waals surface area contributed by atoms with Gasteiger partial charge in [0, 0.05) is 18.5 Å². The number of likely N-dealkylation sites (tertiary alicyclic amines) is 1. The summed E-state index contributed by atoms with van der Waals surface area (Å²) in [6.45, 7) is 1.01. The number of hydrogen-bond acceptors (Lipinski definition) is 5. The van der Waals surface area contributed by atoms with E-state index in [1.165, 1.54) is 19.1 Å². The second-order valence-corrected chi connectivity index (χ2v) is 7.68. The van der Waals surface area contributed by atoms with E-state index in [0.29, 0.717) is 42.1 Å². The molecule has 1 fully saturated rings. The van der Waals surface area contributed by atoms with Gasteiger partial charge < -0.3 is 19.5 Å². The molecule has 0 spiro atoms. The standard InChI is InChI=1S/C25H25N3O5/c1-32-19-10-9-18(15-20(19)33-2)22-21(23(29)17-7-4-3-5-8-17)24(30)25(31)28(22)13-6-12-27-14-11-26-16-27/h3-5,7-11,14-16,22H,6,12-13H2,1-2H3,(H,29,30)/p+1. The zero-order valence-corrected chi connectivity index (χ0v) is 18.5. The van der Waals surface area contributed by atoms with Crippen molar-refractivity contribution in [1.29, 1.82) is 0 Å². The average molecular weight is 448 g/mol. The molecule has 8 heteroatoms. The van der Waals surface area contributed by atoms with E-state index in [9.17, 15) is 14.7 Å². The fourth-order valence-corrected chi connectivity index (χ4v) is 4.11. The minimum absolute atomic E-state index is 0.0627. The normalized spacial score (nSPS) is 17.4. The summed E-state index contributed by atoms with van der Waals surface area (Å²) >= 11 is 0. The Morgan fingerprint density at radius 2 is 1.85 bits per heavy atom. The number of benzene rings is 2. The minimum atomic E-state index is -0.749. The van der Waals surface area contributed by atoms with Crippen LogP contribution in [0.5, 0.6) is 11.5 Å². The van der Waals surface area contributed by atoms with Gasteiger partial charge in [0.15, 0.2) is 11.5 Å². The topological polar surface area (TPSA) is 95.7 Å². The quantitative estimate of drug-likeness (QED) is 0.239. The first kappa shape index (κ1) is 22.1. The van der Waals surface area contributed by atoms with Gasteiger partial charge in [0.1, 0.15) is 18.2 Å². The molecule has 1 aromatic heterocycles. The van der Waals surface area contributed by atoms with Gasteiger partial charge in [-0.3, -0.25) is 14.6 Å². The van der Waals surface area contributed by atoms with Crippen molar-refractivity contribution >= 4 is 17.4 Å². The number of aliphatic hydroxyl groups excluding tert-OH is 1. The molecule has 1 amide bonds. The van der Waals surface area contributed by atoms with Gasteiger partial charge in [-0.15, -0.1) is 0 Å². The highest BCUT2D eigenvalue weighted by Crippen LogP contribution is 2.41. The number of amides is 1. The first-order valence-corrected chi connectivity index (χ1v) is 10.6. The second-order valence-electron chi connectivity index (χ2n) is 7.68. The first-order chi connectivity index (χ1) is 16.0. The Kier molecular flexibility index (Phi) is 6.44. The number of rotatable bonds is 8. The van der Waals surface area contributed by atoms with Gasteiger partial charge in [-0.05, 0) is 17.7 Å². The highest BCUT2D eigenvalue weighted by Gasteiger charge is 2.46. The number of aryl methyl sites for hydroxylation is 1. The lowest BCUT2D eigenvalue weighted by Gasteiger charge is -2.25. The molecule has 2 N–H and O–H groups in total. The van der Waals surface area contributed by atoms with Gasteiger partial charge in [0.2, 0.25) is 6.33 Å². The number of nitrogens with one attached hydrogen (secondary N) is 1. The molecule has 1 aliphatic rings. The molecule has 1 atom stereocenters. The Balaban J connectivity index is 1.76. The molecule has 8 nitrogen and oxygen atoms in total. The van der Waals surface area contributed by atoms with Crippen molar-refractivity contribution in [2.24, 2.45) is 0 Å². The van der Waals surface area contributed by atoms with E-state index in [0.717, 1.165) is 0 Å². The third-order valence-corrected chi connectivity index (χ3v) is 5.73. The molecule has 4 rings (SSSR count). The summed E-state index contributed by atoms with van der Waals surface area (Å²) in [6.07, 6.45) is 6.17. The fraction of sp³-hybridized carbons (Fsp3) is 0.240. The number of nitrogens with zero attached hydrogens (tertiary/aromatic N) is 2. The minimum Gasteiger partial charge on any atom is -0.507 e. The SMILES string of the molecule is COc1ccc(C2/C(=C(\O)c3ccccc3)C(=O)C(=O)N2CCC[n+]2cc[nH]c2)cc1OC. The highest BCUT2D eigenvalue weighted by molar-refractivity contribution is 6.46. The van der Waals surface area contributed by atoms with E-state index < -0.39 is 17.7 Å². The molecule has 1 aliphatic heterocycles. The van der Waals surface area contributed by atoms with Gasteiger partial charge >= 0.3 is 0 Å². The van der Waals surface area contributed by atoms with E-state index in [1.807, 2.05) is 29.4 Å². The third-order valence-electron chi connectivity index (χ3n) is 5.73. The number of aromatic amines is 1. The van der Waals surface area contributed by atoms with Crippen molar-refractivity contribution in [3.8, 4) is 11.5 Å². The van der Waals surface area contributed by atoms with Crippen molar-refractivity contribution in [2.75, 3.05) is 20.8 Å². The molecule has 0 bridgehead atoms. The molecule has 0 saturated carbocycles.